The Balaban J connectivity index is 1.40. The van der Waals surface area contributed by atoms with Crippen LogP contribution in [0.2, 0.25) is 0 Å². The molecule has 1 N–H and O–H groups in total. The summed E-state index contributed by atoms with van der Waals surface area (Å²) in [6, 6.07) is 19.5. The molecule has 2 aliphatic rings. The van der Waals surface area contributed by atoms with Crippen molar-refractivity contribution in [1.82, 2.24) is 14.8 Å². The molecule has 0 radical (unpaired) electrons. The van der Waals surface area contributed by atoms with Gasteiger partial charge in [0.2, 0.25) is 0 Å². The van der Waals surface area contributed by atoms with Gasteiger partial charge in [-0.2, -0.15) is 0 Å². The van der Waals surface area contributed by atoms with Crippen molar-refractivity contribution < 1.29 is 24.2 Å². The number of ether oxygens (including phenoxy) is 2. The first kappa shape index (κ1) is 24.7. The van der Waals surface area contributed by atoms with E-state index in [0.29, 0.717) is 44.2 Å². The molecule has 8 heteroatoms. The molecule has 0 spiro atoms. The number of morpholine rings is 1. The second kappa shape index (κ2) is 11.4. The van der Waals surface area contributed by atoms with E-state index in [4.69, 9.17) is 9.47 Å². The number of Topliss-reactive ketones (excluding diaryl/α,β-unsaturated/α-hetero) is 1. The van der Waals surface area contributed by atoms with Gasteiger partial charge < -0.3 is 19.5 Å². The van der Waals surface area contributed by atoms with E-state index in [0.717, 1.165) is 24.2 Å². The van der Waals surface area contributed by atoms with Crippen LogP contribution in [-0.4, -0.2) is 71.0 Å². The molecule has 1 aromatic heterocycles. The number of likely N-dealkylation sites (tertiary alicyclic amines) is 1. The third kappa shape index (κ3) is 5.55. The molecule has 2 aliphatic heterocycles. The summed E-state index contributed by atoms with van der Waals surface area (Å²) in [6.07, 6.45) is 3.24. The van der Waals surface area contributed by atoms with Crippen LogP contribution in [0.25, 0.3) is 5.76 Å². The van der Waals surface area contributed by atoms with Crippen molar-refractivity contribution >= 4 is 17.4 Å². The van der Waals surface area contributed by atoms with Crippen LogP contribution in [0.5, 0.6) is 5.75 Å². The van der Waals surface area contributed by atoms with Crippen molar-refractivity contribution in [3.05, 3.63) is 101 Å². The maximum atomic E-state index is 13.2. The van der Waals surface area contributed by atoms with Gasteiger partial charge in [0.05, 0.1) is 24.8 Å². The van der Waals surface area contributed by atoms with Crippen LogP contribution in [0.3, 0.4) is 0 Å². The fraction of sp³-hybridized carbons (Fsp3) is 0.276. The van der Waals surface area contributed by atoms with E-state index in [9.17, 15) is 14.7 Å². The van der Waals surface area contributed by atoms with Gasteiger partial charge in [-0.25, -0.2) is 0 Å². The summed E-state index contributed by atoms with van der Waals surface area (Å²) in [7, 11) is 0. The number of aliphatic hydroxyl groups excluding tert-OH is 1. The van der Waals surface area contributed by atoms with E-state index in [2.05, 4.69) is 9.88 Å². The molecule has 2 aromatic carbocycles. The fourth-order valence-corrected chi connectivity index (χ4v) is 4.68. The lowest BCUT2D eigenvalue weighted by Gasteiger charge is -2.30. The van der Waals surface area contributed by atoms with Gasteiger partial charge >= 0.3 is 0 Å². The number of aromatic nitrogens is 1. The summed E-state index contributed by atoms with van der Waals surface area (Å²) in [5.41, 5.74) is 2.29. The maximum absolute atomic E-state index is 13.2. The van der Waals surface area contributed by atoms with Crippen LogP contribution in [0.1, 0.15) is 22.7 Å². The highest BCUT2D eigenvalue weighted by molar-refractivity contribution is 6.46. The quantitative estimate of drug-likeness (QED) is 0.288. The zero-order valence-corrected chi connectivity index (χ0v) is 20.5. The summed E-state index contributed by atoms with van der Waals surface area (Å²) in [5, 5.41) is 11.3. The lowest BCUT2D eigenvalue weighted by molar-refractivity contribution is -0.140. The van der Waals surface area contributed by atoms with Crippen LogP contribution in [0.4, 0.5) is 0 Å². The molecule has 3 heterocycles. The van der Waals surface area contributed by atoms with Gasteiger partial charge in [-0.3, -0.25) is 19.5 Å². The largest absolute Gasteiger partial charge is 0.507 e. The first-order chi connectivity index (χ1) is 18.1. The van der Waals surface area contributed by atoms with E-state index < -0.39 is 17.7 Å². The molecule has 0 aliphatic carbocycles. The zero-order chi connectivity index (χ0) is 25.6. The SMILES string of the molecule is O=C1C(=O)N(CCN2CCOCC2)[C@H](c2ccncc2)/C1=C(\O)c1ccc(OCc2ccccc2)cc1. The van der Waals surface area contributed by atoms with Crippen molar-refractivity contribution in [2.45, 2.75) is 12.6 Å². The fourth-order valence-electron chi connectivity index (χ4n) is 4.68. The number of benzene rings is 2. The Hall–Kier alpha value is -4.01. The molecule has 0 bridgehead atoms. The Bertz CT molecular complexity index is 1260. The topological polar surface area (TPSA) is 92.2 Å². The van der Waals surface area contributed by atoms with Gasteiger partial charge in [0.25, 0.3) is 11.7 Å². The number of pyridine rings is 1. The van der Waals surface area contributed by atoms with Crippen LogP contribution in [-0.2, 0) is 20.9 Å². The number of carbonyl (C=O) groups excluding carboxylic acids is 2. The number of hydrogen-bond donors (Lipinski definition) is 1. The van der Waals surface area contributed by atoms with E-state index in [1.165, 1.54) is 0 Å². The van der Waals surface area contributed by atoms with Gasteiger partial charge in [0, 0.05) is 44.1 Å². The number of rotatable bonds is 8. The number of carbonyl (C=O) groups is 2. The molecule has 1 atom stereocenters. The average Bonchev–Trinajstić information content (AvgIpc) is 3.21. The minimum absolute atomic E-state index is 0.0798. The smallest absolute Gasteiger partial charge is 0.295 e. The number of amides is 1. The zero-order valence-electron chi connectivity index (χ0n) is 20.5. The summed E-state index contributed by atoms with van der Waals surface area (Å²) in [6.45, 7) is 4.26. The summed E-state index contributed by atoms with van der Waals surface area (Å²) < 4.78 is 11.3. The van der Waals surface area contributed by atoms with Gasteiger partial charge in [-0.05, 0) is 47.5 Å². The molecule has 2 saturated heterocycles. The molecule has 5 rings (SSSR count). The Morgan fingerprint density at radius 1 is 0.946 bits per heavy atom. The summed E-state index contributed by atoms with van der Waals surface area (Å²) in [4.78, 5) is 34.2. The van der Waals surface area contributed by atoms with Crippen LogP contribution in [0, 0.1) is 0 Å². The number of hydrogen-bond acceptors (Lipinski definition) is 7. The average molecular weight is 500 g/mol. The van der Waals surface area contributed by atoms with Crippen molar-refractivity contribution in [3.63, 3.8) is 0 Å². The second-order valence-corrected chi connectivity index (χ2v) is 9.03. The number of nitrogens with zero attached hydrogens (tertiary/aromatic N) is 3. The molecule has 1 amide bonds. The first-order valence-electron chi connectivity index (χ1n) is 12.4. The predicted octanol–water partition coefficient (Wildman–Crippen LogP) is 3.41. The van der Waals surface area contributed by atoms with Gasteiger partial charge in [0.1, 0.15) is 18.1 Å². The van der Waals surface area contributed by atoms with Crippen molar-refractivity contribution in [1.29, 1.82) is 0 Å². The molecule has 190 valence electrons. The second-order valence-electron chi connectivity index (χ2n) is 9.03. The highest BCUT2D eigenvalue weighted by atomic mass is 16.5. The van der Waals surface area contributed by atoms with Crippen LogP contribution < -0.4 is 4.74 Å². The van der Waals surface area contributed by atoms with Crippen LogP contribution in [0.15, 0.2) is 84.7 Å². The lowest BCUT2D eigenvalue weighted by Crippen LogP contribution is -2.42. The van der Waals surface area contributed by atoms with Crippen molar-refractivity contribution in [2.24, 2.45) is 0 Å². The van der Waals surface area contributed by atoms with E-state index in [1.54, 1.807) is 53.7 Å². The summed E-state index contributed by atoms with van der Waals surface area (Å²) >= 11 is 0. The molecule has 3 aromatic rings. The molecule has 2 fully saturated rings. The number of aliphatic hydroxyl groups is 1. The maximum Gasteiger partial charge on any atom is 0.295 e. The Labute approximate surface area is 215 Å². The monoisotopic (exact) mass is 499 g/mol. The van der Waals surface area contributed by atoms with Crippen molar-refractivity contribution in [3.8, 4) is 5.75 Å². The number of ketones is 1. The lowest BCUT2D eigenvalue weighted by atomic mass is 9.96. The Kier molecular flexibility index (Phi) is 7.58. The third-order valence-corrected chi connectivity index (χ3v) is 6.70. The Morgan fingerprint density at radius 3 is 2.35 bits per heavy atom. The molecule has 37 heavy (non-hydrogen) atoms. The van der Waals surface area contributed by atoms with Crippen LogP contribution >= 0.6 is 0 Å². The minimum atomic E-state index is -0.696. The highest BCUT2D eigenvalue weighted by Crippen LogP contribution is 2.39. The first-order valence-corrected chi connectivity index (χ1v) is 12.4. The van der Waals surface area contributed by atoms with Gasteiger partial charge in [0.15, 0.2) is 0 Å². The molecular weight excluding hydrogens is 470 g/mol. The minimum Gasteiger partial charge on any atom is -0.507 e. The molecule has 8 nitrogen and oxygen atoms in total. The van der Waals surface area contributed by atoms with Gasteiger partial charge in [-0.1, -0.05) is 30.3 Å². The van der Waals surface area contributed by atoms with E-state index in [1.807, 2.05) is 30.3 Å². The van der Waals surface area contributed by atoms with Gasteiger partial charge in [-0.15, -0.1) is 0 Å². The molecular formula is C29H29N3O5. The Morgan fingerprint density at radius 2 is 1.65 bits per heavy atom. The highest BCUT2D eigenvalue weighted by Gasteiger charge is 2.46. The van der Waals surface area contributed by atoms with E-state index in [-0.39, 0.29) is 11.3 Å². The summed E-state index contributed by atoms with van der Waals surface area (Å²) in [5.74, 6) is -0.870. The van der Waals surface area contributed by atoms with E-state index >= 15 is 0 Å². The third-order valence-electron chi connectivity index (χ3n) is 6.70. The van der Waals surface area contributed by atoms with Crippen molar-refractivity contribution in [2.75, 3.05) is 39.4 Å². The standard InChI is InChI=1S/C29H29N3O5/c33-27(23-6-8-24(9-7-23)37-20-21-4-2-1-3-5-21)25-26(22-10-12-30-13-11-22)32(29(35)28(25)34)15-14-31-16-18-36-19-17-31/h1-13,26,33H,14-20H2/b27-25+/t26-/m1/s1. The normalized spacial score (nSPS) is 19.8. The molecule has 0 saturated carbocycles. The molecule has 0 unspecified atom stereocenters. The predicted molar refractivity (Wildman–Crippen MR) is 138 cm³/mol.